The van der Waals surface area contributed by atoms with Gasteiger partial charge in [0.25, 0.3) is 5.91 Å². The van der Waals surface area contributed by atoms with Gasteiger partial charge in [0.05, 0.1) is 5.56 Å². The number of nitrogens with one attached hydrogen (secondary N) is 1. The van der Waals surface area contributed by atoms with Crippen molar-refractivity contribution in [1.29, 1.82) is 0 Å². The smallest absolute Gasteiger partial charge is 0.256 e. The highest BCUT2D eigenvalue weighted by Gasteiger charge is 2.26. The van der Waals surface area contributed by atoms with Crippen molar-refractivity contribution in [3.63, 3.8) is 0 Å². The summed E-state index contributed by atoms with van der Waals surface area (Å²) < 4.78 is 13.8. The Morgan fingerprint density at radius 3 is 2.31 bits per heavy atom. The average molecular weight is 396 g/mol. The van der Waals surface area contributed by atoms with Crippen LogP contribution in [0.2, 0.25) is 0 Å². The molecule has 1 aliphatic rings. The number of likely N-dealkylation sites (tertiary alicyclic amines) is 1. The number of nitrogens with zero attached hydrogens (tertiary/aromatic N) is 1. The van der Waals surface area contributed by atoms with E-state index in [-0.39, 0.29) is 42.0 Å². The van der Waals surface area contributed by atoms with Crippen molar-refractivity contribution in [1.82, 2.24) is 10.2 Å². The lowest BCUT2D eigenvalue weighted by molar-refractivity contribution is -0.122. The van der Waals surface area contributed by atoms with E-state index in [9.17, 15) is 18.8 Å². The van der Waals surface area contributed by atoms with Gasteiger partial charge in [-0.2, -0.15) is 0 Å². The fourth-order valence-corrected chi connectivity index (χ4v) is 3.44. The molecule has 0 aromatic heterocycles. The van der Waals surface area contributed by atoms with Crippen LogP contribution < -0.4 is 5.32 Å². The quantitative estimate of drug-likeness (QED) is 0.760. The zero-order valence-electron chi connectivity index (χ0n) is 16.5. The highest BCUT2D eigenvalue weighted by atomic mass is 19.1. The van der Waals surface area contributed by atoms with Crippen LogP contribution >= 0.6 is 0 Å². The molecule has 0 atom stereocenters. The largest absolute Gasteiger partial charge is 0.353 e. The molecule has 0 bridgehead atoms. The van der Waals surface area contributed by atoms with Crippen LogP contribution in [-0.4, -0.2) is 41.6 Å². The summed E-state index contributed by atoms with van der Waals surface area (Å²) in [5, 5.41) is 2.94. The summed E-state index contributed by atoms with van der Waals surface area (Å²) in [7, 11) is 0. The molecule has 3 rings (SSSR count). The molecule has 1 heterocycles. The van der Waals surface area contributed by atoms with Gasteiger partial charge in [-0.15, -0.1) is 0 Å². The lowest BCUT2D eigenvalue weighted by atomic mass is 10.0. The number of rotatable bonds is 6. The van der Waals surface area contributed by atoms with Crippen molar-refractivity contribution in [2.45, 2.75) is 38.6 Å². The van der Waals surface area contributed by atoms with E-state index in [4.69, 9.17) is 0 Å². The number of piperidine rings is 1. The summed E-state index contributed by atoms with van der Waals surface area (Å²) >= 11 is 0. The van der Waals surface area contributed by atoms with Gasteiger partial charge in [-0.05, 0) is 31.9 Å². The Hall–Kier alpha value is -3.02. The summed E-state index contributed by atoms with van der Waals surface area (Å²) in [5.41, 5.74) is 1.77. The third-order valence-corrected chi connectivity index (χ3v) is 5.20. The SMILES string of the molecule is Cc1ccc(C(=O)CCC(=O)NC2CCN(C(=O)c3ccccc3F)CC2)cc1. The van der Waals surface area contributed by atoms with Crippen LogP contribution in [0, 0.1) is 12.7 Å². The predicted octanol–water partition coefficient (Wildman–Crippen LogP) is 3.52. The Morgan fingerprint density at radius 1 is 1.00 bits per heavy atom. The average Bonchev–Trinajstić information content (AvgIpc) is 2.73. The molecule has 2 aromatic carbocycles. The molecular formula is C23H25FN2O3. The van der Waals surface area contributed by atoms with Crippen molar-refractivity contribution in [2.75, 3.05) is 13.1 Å². The van der Waals surface area contributed by atoms with Crippen LogP contribution in [0.4, 0.5) is 4.39 Å². The molecule has 0 saturated carbocycles. The van der Waals surface area contributed by atoms with Crippen molar-refractivity contribution in [3.8, 4) is 0 Å². The van der Waals surface area contributed by atoms with Crippen molar-refractivity contribution < 1.29 is 18.8 Å². The number of halogens is 1. The number of carbonyl (C=O) groups is 3. The van der Waals surface area contributed by atoms with E-state index in [1.165, 1.54) is 12.1 Å². The molecule has 2 amide bonds. The number of ketones is 1. The van der Waals surface area contributed by atoms with Crippen LogP contribution in [0.25, 0.3) is 0 Å². The normalized spacial score (nSPS) is 14.5. The molecule has 1 N–H and O–H groups in total. The van der Waals surface area contributed by atoms with Crippen molar-refractivity contribution in [2.24, 2.45) is 0 Å². The number of Topliss-reactive ketones (excluding diaryl/α,β-unsaturated/α-hetero) is 1. The third kappa shape index (κ3) is 5.50. The predicted molar refractivity (Wildman–Crippen MR) is 108 cm³/mol. The molecule has 2 aromatic rings. The van der Waals surface area contributed by atoms with E-state index in [1.54, 1.807) is 29.2 Å². The summed E-state index contributed by atoms with van der Waals surface area (Å²) in [6.45, 7) is 2.87. The van der Waals surface area contributed by atoms with Crippen LogP contribution in [0.1, 0.15) is 52.0 Å². The second-order valence-corrected chi connectivity index (χ2v) is 7.40. The molecule has 5 nitrogen and oxygen atoms in total. The van der Waals surface area contributed by atoms with E-state index in [0.29, 0.717) is 31.5 Å². The standard InChI is InChI=1S/C23H25FN2O3/c1-16-6-8-17(9-7-16)21(27)10-11-22(28)25-18-12-14-26(15-13-18)23(29)19-4-2-3-5-20(19)24/h2-9,18H,10-15H2,1H3,(H,25,28). The number of aryl methyl sites for hydroxylation is 1. The summed E-state index contributed by atoms with van der Waals surface area (Å²) in [5.74, 6) is -1.06. The molecule has 0 spiro atoms. The molecule has 6 heteroatoms. The number of amides is 2. The molecule has 0 unspecified atom stereocenters. The van der Waals surface area contributed by atoms with Gasteiger partial charge in [0.15, 0.2) is 5.78 Å². The topological polar surface area (TPSA) is 66.5 Å². The first-order chi connectivity index (χ1) is 13.9. The Bertz CT molecular complexity index is 887. The van der Waals surface area contributed by atoms with Gasteiger partial charge >= 0.3 is 0 Å². The zero-order chi connectivity index (χ0) is 20.8. The highest BCUT2D eigenvalue weighted by molar-refractivity contribution is 5.98. The number of hydrogen-bond acceptors (Lipinski definition) is 3. The van der Waals surface area contributed by atoms with E-state index in [0.717, 1.165) is 5.56 Å². The van der Waals surface area contributed by atoms with Gasteiger partial charge in [-0.25, -0.2) is 4.39 Å². The van der Waals surface area contributed by atoms with E-state index in [1.807, 2.05) is 19.1 Å². The second kappa shape index (κ2) is 9.45. The Balaban J connectivity index is 1.42. The monoisotopic (exact) mass is 396 g/mol. The second-order valence-electron chi connectivity index (χ2n) is 7.40. The van der Waals surface area contributed by atoms with Crippen LogP contribution in [0.5, 0.6) is 0 Å². The first-order valence-electron chi connectivity index (χ1n) is 9.87. The summed E-state index contributed by atoms with van der Waals surface area (Å²) in [6, 6.07) is 13.2. The van der Waals surface area contributed by atoms with Crippen molar-refractivity contribution in [3.05, 3.63) is 71.0 Å². The Morgan fingerprint density at radius 2 is 1.66 bits per heavy atom. The van der Waals surface area contributed by atoms with Gasteiger partial charge in [0.1, 0.15) is 5.82 Å². The molecule has 152 valence electrons. The minimum atomic E-state index is -0.522. The number of hydrogen-bond donors (Lipinski definition) is 1. The van der Waals surface area contributed by atoms with Gasteiger partial charge in [0.2, 0.25) is 5.91 Å². The third-order valence-electron chi connectivity index (χ3n) is 5.20. The summed E-state index contributed by atoms with van der Waals surface area (Å²) in [4.78, 5) is 38.4. The minimum absolute atomic E-state index is 0.0401. The van der Waals surface area contributed by atoms with Crippen molar-refractivity contribution >= 4 is 17.6 Å². The lowest BCUT2D eigenvalue weighted by Gasteiger charge is -2.32. The molecule has 1 fully saturated rings. The maximum atomic E-state index is 13.8. The number of carbonyl (C=O) groups excluding carboxylic acids is 3. The maximum Gasteiger partial charge on any atom is 0.256 e. The first-order valence-corrected chi connectivity index (χ1v) is 9.87. The molecule has 1 aliphatic heterocycles. The highest BCUT2D eigenvalue weighted by Crippen LogP contribution is 2.16. The fraction of sp³-hybridized carbons (Fsp3) is 0.348. The molecule has 29 heavy (non-hydrogen) atoms. The van der Waals surface area contributed by atoms with Gasteiger partial charge in [-0.3, -0.25) is 14.4 Å². The molecule has 0 radical (unpaired) electrons. The lowest BCUT2D eigenvalue weighted by Crippen LogP contribution is -2.46. The Kier molecular flexibility index (Phi) is 6.75. The van der Waals surface area contributed by atoms with Crippen LogP contribution in [-0.2, 0) is 4.79 Å². The van der Waals surface area contributed by atoms with E-state index in [2.05, 4.69) is 5.32 Å². The van der Waals surface area contributed by atoms with E-state index >= 15 is 0 Å². The summed E-state index contributed by atoms with van der Waals surface area (Å²) in [6.07, 6.45) is 1.52. The molecule has 1 saturated heterocycles. The fourth-order valence-electron chi connectivity index (χ4n) is 3.44. The van der Waals surface area contributed by atoms with E-state index < -0.39 is 5.82 Å². The Labute approximate surface area is 169 Å². The van der Waals surface area contributed by atoms with Crippen LogP contribution in [0.3, 0.4) is 0 Å². The van der Waals surface area contributed by atoms with Gasteiger partial charge in [0, 0.05) is 37.5 Å². The molecule has 0 aliphatic carbocycles. The molecular weight excluding hydrogens is 371 g/mol. The zero-order valence-corrected chi connectivity index (χ0v) is 16.5. The van der Waals surface area contributed by atoms with Gasteiger partial charge < -0.3 is 10.2 Å². The minimum Gasteiger partial charge on any atom is -0.353 e. The first kappa shape index (κ1) is 20.7. The van der Waals surface area contributed by atoms with Crippen LogP contribution in [0.15, 0.2) is 48.5 Å². The maximum absolute atomic E-state index is 13.8. The number of benzene rings is 2. The van der Waals surface area contributed by atoms with Gasteiger partial charge in [-0.1, -0.05) is 42.0 Å².